The first-order chi connectivity index (χ1) is 12.6. The quantitative estimate of drug-likeness (QED) is 0.709. The van der Waals surface area contributed by atoms with E-state index in [1.54, 1.807) is 6.92 Å². The highest BCUT2D eigenvalue weighted by molar-refractivity contribution is 7.90. The van der Waals surface area contributed by atoms with Crippen molar-refractivity contribution >= 4 is 45.0 Å². The van der Waals surface area contributed by atoms with Crippen molar-refractivity contribution < 1.29 is 22.8 Å². The van der Waals surface area contributed by atoms with Crippen LogP contribution in [0.5, 0.6) is 5.75 Å². The number of carbonyl (C=O) groups is 2. The Morgan fingerprint density at radius 3 is 2.26 bits per heavy atom. The van der Waals surface area contributed by atoms with E-state index in [2.05, 4.69) is 0 Å². The van der Waals surface area contributed by atoms with Crippen molar-refractivity contribution in [3.05, 3.63) is 58.1 Å². The molecule has 27 heavy (non-hydrogen) atoms. The maximum absolute atomic E-state index is 12.3. The fraction of sp³-hybridized carbons (Fsp3) is 0.176. The Hall–Kier alpha value is -2.29. The maximum atomic E-state index is 12.3. The highest BCUT2D eigenvalue weighted by Crippen LogP contribution is 2.25. The number of hydrogen-bond acceptors (Lipinski definition) is 5. The number of nitrogens with zero attached hydrogens (tertiary/aromatic N) is 1. The van der Waals surface area contributed by atoms with Crippen LogP contribution >= 0.6 is 23.2 Å². The Kier molecular flexibility index (Phi) is 6.69. The summed E-state index contributed by atoms with van der Waals surface area (Å²) < 4.78 is 26.6. The standard InChI is InChI=1S/C17H16Cl2N2O5S/c1-3-21(11(2)22)26-14-7-4-12(5-8-14)17(23)20-27(24,25)16-9-6-13(18)10-15(16)19/h4-10H,3H2,1-2H3,(H,20,23). The van der Waals surface area contributed by atoms with Gasteiger partial charge in [0.2, 0.25) is 0 Å². The largest absolute Gasteiger partial charge is 0.377 e. The molecule has 0 aliphatic rings. The molecule has 144 valence electrons. The molecule has 0 saturated carbocycles. The molecule has 7 nitrogen and oxygen atoms in total. The van der Waals surface area contributed by atoms with Gasteiger partial charge in [0.1, 0.15) is 4.90 Å². The zero-order chi connectivity index (χ0) is 20.2. The number of amides is 2. The topological polar surface area (TPSA) is 92.8 Å². The molecule has 1 N–H and O–H groups in total. The van der Waals surface area contributed by atoms with Gasteiger partial charge in [-0.3, -0.25) is 9.59 Å². The lowest BCUT2D eigenvalue weighted by atomic mass is 10.2. The normalized spacial score (nSPS) is 11.0. The van der Waals surface area contributed by atoms with Crippen molar-refractivity contribution in [2.24, 2.45) is 0 Å². The van der Waals surface area contributed by atoms with Crippen molar-refractivity contribution in [1.82, 2.24) is 9.79 Å². The molecule has 0 heterocycles. The van der Waals surface area contributed by atoms with Gasteiger partial charge in [-0.1, -0.05) is 23.2 Å². The van der Waals surface area contributed by atoms with Crippen LogP contribution in [0.25, 0.3) is 0 Å². The van der Waals surface area contributed by atoms with E-state index in [4.69, 9.17) is 28.0 Å². The minimum absolute atomic E-state index is 0.0851. The monoisotopic (exact) mass is 430 g/mol. The molecular weight excluding hydrogens is 415 g/mol. The minimum Gasteiger partial charge on any atom is -0.377 e. The highest BCUT2D eigenvalue weighted by atomic mass is 35.5. The van der Waals surface area contributed by atoms with E-state index >= 15 is 0 Å². The molecule has 0 saturated heterocycles. The number of hydroxylamine groups is 2. The summed E-state index contributed by atoms with van der Waals surface area (Å²) in [5.41, 5.74) is 0.0851. The van der Waals surface area contributed by atoms with Crippen LogP contribution in [0.15, 0.2) is 47.4 Å². The molecule has 0 atom stereocenters. The molecule has 0 spiro atoms. The van der Waals surface area contributed by atoms with Crippen LogP contribution in [0.1, 0.15) is 24.2 Å². The van der Waals surface area contributed by atoms with Crippen LogP contribution < -0.4 is 9.56 Å². The second kappa shape index (κ2) is 8.60. The predicted molar refractivity (Wildman–Crippen MR) is 101 cm³/mol. The molecular formula is C17H16Cl2N2O5S. The van der Waals surface area contributed by atoms with Gasteiger partial charge in [-0.15, -0.1) is 0 Å². The molecule has 0 radical (unpaired) electrons. The zero-order valence-corrected chi connectivity index (χ0v) is 16.7. The van der Waals surface area contributed by atoms with Crippen LogP contribution in [-0.2, 0) is 14.8 Å². The average Bonchev–Trinajstić information content (AvgIpc) is 2.59. The van der Waals surface area contributed by atoms with Crippen LogP contribution in [0, 0.1) is 0 Å². The Labute approximate surface area is 166 Å². The Morgan fingerprint density at radius 2 is 1.74 bits per heavy atom. The summed E-state index contributed by atoms with van der Waals surface area (Å²) in [5.74, 6) is -0.788. The predicted octanol–water partition coefficient (Wildman–Crippen LogP) is 3.27. The Morgan fingerprint density at radius 1 is 1.11 bits per heavy atom. The van der Waals surface area contributed by atoms with Gasteiger partial charge in [0.05, 0.1) is 11.6 Å². The fourth-order valence-electron chi connectivity index (χ4n) is 2.07. The third-order valence-electron chi connectivity index (χ3n) is 3.38. The summed E-state index contributed by atoms with van der Waals surface area (Å²) in [7, 11) is -4.17. The van der Waals surface area contributed by atoms with Gasteiger partial charge in [-0.2, -0.15) is 5.06 Å². The zero-order valence-electron chi connectivity index (χ0n) is 14.4. The maximum Gasteiger partial charge on any atom is 0.265 e. The second-order valence-corrected chi connectivity index (χ2v) is 7.83. The first-order valence-electron chi connectivity index (χ1n) is 7.72. The van der Waals surface area contributed by atoms with E-state index in [1.807, 2.05) is 4.72 Å². The lowest BCUT2D eigenvalue weighted by molar-refractivity contribution is -0.153. The van der Waals surface area contributed by atoms with Gasteiger partial charge in [-0.25, -0.2) is 13.1 Å². The van der Waals surface area contributed by atoms with Gasteiger partial charge in [-0.05, 0) is 49.4 Å². The summed E-state index contributed by atoms with van der Waals surface area (Å²) in [6.45, 7) is 3.45. The first-order valence-corrected chi connectivity index (χ1v) is 9.96. The van der Waals surface area contributed by atoms with Crippen LogP contribution in [0.3, 0.4) is 0 Å². The molecule has 10 heteroatoms. The van der Waals surface area contributed by atoms with E-state index < -0.39 is 15.9 Å². The van der Waals surface area contributed by atoms with Gasteiger partial charge < -0.3 is 4.84 Å². The molecule has 2 aromatic carbocycles. The SMILES string of the molecule is CCN(Oc1ccc(C(=O)NS(=O)(=O)c2ccc(Cl)cc2Cl)cc1)C(C)=O. The van der Waals surface area contributed by atoms with Crippen LogP contribution in [0.2, 0.25) is 10.0 Å². The van der Waals surface area contributed by atoms with E-state index in [0.29, 0.717) is 12.3 Å². The molecule has 0 fully saturated rings. The molecule has 2 rings (SSSR count). The average molecular weight is 431 g/mol. The summed E-state index contributed by atoms with van der Waals surface area (Å²) in [6, 6.07) is 9.47. The first kappa shape index (κ1) is 21.0. The smallest absolute Gasteiger partial charge is 0.265 e. The molecule has 2 amide bonds. The van der Waals surface area contributed by atoms with Crippen molar-refractivity contribution in [2.75, 3.05) is 6.54 Å². The molecule has 0 bridgehead atoms. The molecule has 0 aliphatic carbocycles. The lowest BCUT2D eigenvalue weighted by Gasteiger charge is -2.19. The molecule has 0 aromatic heterocycles. The van der Waals surface area contributed by atoms with Crippen molar-refractivity contribution in [1.29, 1.82) is 0 Å². The summed E-state index contributed by atoms with van der Waals surface area (Å²) in [4.78, 5) is 28.7. The number of hydrogen-bond donors (Lipinski definition) is 1. The van der Waals surface area contributed by atoms with E-state index in [0.717, 1.165) is 5.06 Å². The summed E-state index contributed by atoms with van der Waals surface area (Å²) in [5, 5.41) is 1.31. The Bertz CT molecular complexity index is 962. The molecule has 0 aliphatic heterocycles. The number of halogens is 2. The Balaban J connectivity index is 2.14. The third kappa shape index (κ3) is 5.35. The van der Waals surface area contributed by atoms with Gasteiger partial charge in [0, 0.05) is 17.5 Å². The van der Waals surface area contributed by atoms with E-state index in [1.165, 1.54) is 49.4 Å². The van der Waals surface area contributed by atoms with Crippen molar-refractivity contribution in [2.45, 2.75) is 18.7 Å². The second-order valence-electron chi connectivity index (χ2n) is 5.34. The van der Waals surface area contributed by atoms with Crippen LogP contribution in [0.4, 0.5) is 0 Å². The number of nitrogens with one attached hydrogen (secondary N) is 1. The number of carbonyl (C=O) groups excluding carboxylic acids is 2. The summed E-state index contributed by atoms with van der Waals surface area (Å²) >= 11 is 11.6. The van der Waals surface area contributed by atoms with E-state index in [-0.39, 0.29) is 26.4 Å². The third-order valence-corrected chi connectivity index (χ3v) is 5.43. The minimum atomic E-state index is -4.17. The number of sulfonamides is 1. The van der Waals surface area contributed by atoms with Gasteiger partial charge in [0.25, 0.3) is 21.8 Å². The highest BCUT2D eigenvalue weighted by Gasteiger charge is 2.22. The summed E-state index contributed by atoms with van der Waals surface area (Å²) in [6.07, 6.45) is 0. The molecule has 0 unspecified atom stereocenters. The lowest BCUT2D eigenvalue weighted by Crippen LogP contribution is -2.32. The fourth-order valence-corrected chi connectivity index (χ4v) is 3.82. The number of benzene rings is 2. The number of rotatable bonds is 6. The van der Waals surface area contributed by atoms with E-state index in [9.17, 15) is 18.0 Å². The van der Waals surface area contributed by atoms with Gasteiger partial charge >= 0.3 is 0 Å². The van der Waals surface area contributed by atoms with Crippen LogP contribution in [-0.4, -0.2) is 31.8 Å². The van der Waals surface area contributed by atoms with Crippen molar-refractivity contribution in [3.63, 3.8) is 0 Å². The van der Waals surface area contributed by atoms with Crippen molar-refractivity contribution in [3.8, 4) is 5.75 Å². The van der Waals surface area contributed by atoms with Gasteiger partial charge in [0.15, 0.2) is 5.75 Å². The molecule has 2 aromatic rings.